The molecule has 25 heavy (non-hydrogen) atoms. The molecule has 1 saturated heterocycles. The molecule has 0 aromatic carbocycles. The van der Waals surface area contributed by atoms with Crippen LogP contribution in [0.15, 0.2) is 0 Å². The van der Waals surface area contributed by atoms with Crippen LogP contribution in [0.5, 0.6) is 0 Å². The number of piperazine rings is 1. The first-order chi connectivity index (χ1) is 11.9. The third-order valence-corrected chi connectivity index (χ3v) is 6.97. The van der Waals surface area contributed by atoms with Crippen LogP contribution < -0.4 is 0 Å². The van der Waals surface area contributed by atoms with Crippen molar-refractivity contribution in [2.75, 3.05) is 52.9 Å². The lowest BCUT2D eigenvalue weighted by atomic mass is 9.87. The number of hydrogen-bond acceptors (Lipinski definition) is 6. The van der Waals surface area contributed by atoms with Crippen LogP contribution in [0, 0.1) is 5.92 Å². The highest BCUT2D eigenvalue weighted by Gasteiger charge is 2.35. The third kappa shape index (κ3) is 6.61. The van der Waals surface area contributed by atoms with Crippen molar-refractivity contribution in [3.63, 3.8) is 0 Å². The normalized spacial score (nSPS) is 26.5. The molecule has 7 heteroatoms. The quantitative estimate of drug-likeness (QED) is 0.483. The number of hydrogen-bond donors (Lipinski definition) is 1. The maximum atomic E-state index is 12.0. The molecule has 0 aromatic heterocycles. The molecule has 1 amide bonds. The lowest BCUT2D eigenvalue weighted by Crippen LogP contribution is -2.51. The van der Waals surface area contributed by atoms with Crippen LogP contribution in [0.25, 0.3) is 0 Å². The Morgan fingerprint density at radius 1 is 1.20 bits per heavy atom. The minimum Gasteiger partial charge on any atom is -0.377 e. The number of ether oxygens (including phenoxy) is 1. The molecule has 0 radical (unpaired) electrons. The van der Waals surface area contributed by atoms with Crippen molar-refractivity contribution in [2.45, 2.75) is 51.0 Å². The largest absolute Gasteiger partial charge is 0.377 e. The van der Waals surface area contributed by atoms with Crippen molar-refractivity contribution >= 4 is 28.4 Å². The molecule has 1 heterocycles. The van der Waals surface area contributed by atoms with Gasteiger partial charge in [-0.15, -0.1) is 11.7 Å². The van der Waals surface area contributed by atoms with E-state index in [1.165, 1.54) is 0 Å². The summed E-state index contributed by atoms with van der Waals surface area (Å²) in [6.07, 6.45) is 2.31. The molecule has 146 valence electrons. The summed E-state index contributed by atoms with van der Waals surface area (Å²) in [6, 6.07) is 0.370. The second-order valence-corrected chi connectivity index (χ2v) is 9.43. The summed E-state index contributed by atoms with van der Waals surface area (Å²) in [6.45, 7) is 13.7. The molecule has 1 unspecified atom stereocenters. The molecule has 0 spiro atoms. The maximum Gasteiger partial charge on any atom is 0.225 e. The van der Waals surface area contributed by atoms with Gasteiger partial charge in [-0.3, -0.25) is 14.6 Å². The Balaban J connectivity index is 1.53. The highest BCUT2D eigenvalue weighted by Crippen LogP contribution is 2.28. The zero-order valence-corrected chi connectivity index (χ0v) is 17.9. The van der Waals surface area contributed by atoms with Crippen LogP contribution in [-0.2, 0) is 9.53 Å². The predicted octanol–water partition coefficient (Wildman–Crippen LogP) is 2.23. The fraction of sp³-hybridized carbons (Fsp3) is 0.944. The fourth-order valence-corrected chi connectivity index (χ4v) is 4.00. The van der Waals surface area contributed by atoms with Crippen molar-refractivity contribution < 1.29 is 9.53 Å². The van der Waals surface area contributed by atoms with E-state index >= 15 is 0 Å². The zero-order valence-electron chi connectivity index (χ0n) is 16.2. The summed E-state index contributed by atoms with van der Waals surface area (Å²) in [5, 5.41) is 0.588. The number of carbonyl (C=O) groups is 1. The minimum absolute atomic E-state index is 0.0815. The average molecular weight is 390 g/mol. The van der Waals surface area contributed by atoms with Crippen molar-refractivity contribution in [1.29, 1.82) is 0 Å². The van der Waals surface area contributed by atoms with E-state index in [1.54, 1.807) is 10.8 Å². The van der Waals surface area contributed by atoms with Gasteiger partial charge in [-0.25, -0.2) is 0 Å². The Morgan fingerprint density at radius 3 is 2.36 bits per heavy atom. The molecule has 1 aliphatic heterocycles. The number of carbonyl (C=O) groups excluding carboxylic acids is 1. The van der Waals surface area contributed by atoms with Gasteiger partial charge in [0.15, 0.2) is 0 Å². The van der Waals surface area contributed by atoms with Gasteiger partial charge in [0.05, 0.1) is 12.7 Å². The number of nitrogens with zero attached hydrogens (tertiary/aromatic N) is 3. The first-order valence-corrected chi connectivity index (χ1v) is 11.5. The predicted molar refractivity (Wildman–Crippen MR) is 109 cm³/mol. The van der Waals surface area contributed by atoms with E-state index in [2.05, 4.69) is 28.4 Å². The van der Waals surface area contributed by atoms with Gasteiger partial charge >= 0.3 is 0 Å². The third-order valence-electron chi connectivity index (χ3n) is 5.38. The van der Waals surface area contributed by atoms with Crippen LogP contribution >= 0.6 is 22.5 Å². The summed E-state index contributed by atoms with van der Waals surface area (Å²) >= 11 is 4.29. The summed E-state index contributed by atoms with van der Waals surface area (Å²) < 4.78 is 6.00. The van der Waals surface area contributed by atoms with Crippen LogP contribution in [0.1, 0.15) is 33.6 Å². The van der Waals surface area contributed by atoms with E-state index in [9.17, 15) is 4.79 Å². The lowest BCUT2D eigenvalue weighted by Gasteiger charge is -2.42. The smallest absolute Gasteiger partial charge is 0.225 e. The van der Waals surface area contributed by atoms with Gasteiger partial charge in [-0.05, 0) is 12.8 Å². The zero-order chi connectivity index (χ0) is 18.4. The fourth-order valence-electron chi connectivity index (χ4n) is 3.52. The Bertz CT molecular complexity index is 411. The van der Waals surface area contributed by atoms with E-state index in [4.69, 9.17) is 4.74 Å². The van der Waals surface area contributed by atoms with Gasteiger partial charge in [0.1, 0.15) is 0 Å². The van der Waals surface area contributed by atoms with E-state index in [0.717, 1.165) is 58.7 Å². The second kappa shape index (κ2) is 10.4. The molecule has 5 nitrogen and oxygen atoms in total. The Kier molecular flexibility index (Phi) is 8.88. The van der Waals surface area contributed by atoms with Crippen LogP contribution in [-0.4, -0.2) is 90.9 Å². The van der Waals surface area contributed by atoms with E-state index < -0.39 is 0 Å². The standard InChI is InChI=1S/C18H35N3O2S2/c1-14(2)18(22)19(4)16-11-17(12-16)23-10-9-20-5-7-21(8-6-20)13-15(3)25-24/h14-17,24H,5-13H2,1-4H3/t15?,16-,17-. The van der Waals surface area contributed by atoms with Gasteiger partial charge in [0.2, 0.25) is 5.91 Å². The van der Waals surface area contributed by atoms with E-state index in [0.29, 0.717) is 17.4 Å². The SMILES string of the molecule is CC(CN1CCN(CCO[C@H]2C[C@H](N(C)C(=O)C(C)C)C2)CC1)SS. The molecular formula is C18H35N3O2S2. The van der Waals surface area contributed by atoms with Gasteiger partial charge < -0.3 is 9.64 Å². The van der Waals surface area contributed by atoms with Crippen LogP contribution in [0.2, 0.25) is 0 Å². The Morgan fingerprint density at radius 2 is 1.80 bits per heavy atom. The van der Waals surface area contributed by atoms with Crippen molar-refractivity contribution in [3.8, 4) is 0 Å². The highest BCUT2D eigenvalue weighted by atomic mass is 33.1. The molecule has 2 rings (SSSR count). The van der Waals surface area contributed by atoms with Crippen LogP contribution in [0.3, 0.4) is 0 Å². The summed E-state index contributed by atoms with van der Waals surface area (Å²) in [5.41, 5.74) is 0. The molecular weight excluding hydrogens is 354 g/mol. The molecule has 0 aromatic rings. The average Bonchev–Trinajstić information content (AvgIpc) is 2.56. The van der Waals surface area contributed by atoms with Crippen molar-refractivity contribution in [2.24, 2.45) is 5.92 Å². The van der Waals surface area contributed by atoms with E-state index in [-0.39, 0.29) is 11.8 Å². The summed E-state index contributed by atoms with van der Waals surface area (Å²) in [7, 11) is 3.57. The molecule has 2 fully saturated rings. The van der Waals surface area contributed by atoms with Crippen molar-refractivity contribution in [3.05, 3.63) is 0 Å². The maximum absolute atomic E-state index is 12.0. The number of amides is 1. The van der Waals surface area contributed by atoms with Gasteiger partial charge in [0, 0.05) is 63.5 Å². The topological polar surface area (TPSA) is 36.0 Å². The van der Waals surface area contributed by atoms with E-state index in [1.807, 2.05) is 25.8 Å². The molecule has 0 bridgehead atoms. The Hall–Kier alpha value is 0.0500. The first kappa shape index (κ1) is 21.4. The number of rotatable bonds is 9. The van der Waals surface area contributed by atoms with Crippen molar-refractivity contribution in [1.82, 2.24) is 14.7 Å². The minimum atomic E-state index is 0.0815. The van der Waals surface area contributed by atoms with Gasteiger partial charge in [-0.2, -0.15) is 0 Å². The molecule has 1 atom stereocenters. The number of thiol groups is 1. The molecule has 1 saturated carbocycles. The molecule has 2 aliphatic rings. The Labute approximate surface area is 162 Å². The summed E-state index contributed by atoms with van der Waals surface area (Å²) in [5.74, 6) is 0.324. The lowest BCUT2D eigenvalue weighted by molar-refractivity contribution is -0.140. The van der Waals surface area contributed by atoms with Gasteiger partial charge in [0.25, 0.3) is 0 Å². The van der Waals surface area contributed by atoms with Gasteiger partial charge in [-0.1, -0.05) is 31.6 Å². The summed E-state index contributed by atoms with van der Waals surface area (Å²) in [4.78, 5) is 18.9. The first-order valence-electron chi connectivity index (χ1n) is 9.54. The molecule has 1 aliphatic carbocycles. The highest BCUT2D eigenvalue weighted by molar-refractivity contribution is 8.68. The second-order valence-electron chi connectivity index (χ2n) is 7.78. The van der Waals surface area contributed by atoms with Crippen LogP contribution in [0.4, 0.5) is 0 Å². The molecule has 0 N–H and O–H groups in total. The monoisotopic (exact) mass is 389 g/mol.